The first-order valence-corrected chi connectivity index (χ1v) is 4.31. The number of hydrogen-bond donors (Lipinski definition) is 1. The van der Waals surface area contributed by atoms with Crippen LogP contribution in [-0.4, -0.2) is 18.9 Å². The molecule has 2 nitrogen and oxygen atoms in total. The van der Waals surface area contributed by atoms with E-state index in [9.17, 15) is 4.79 Å². The maximum absolute atomic E-state index is 11.4. The van der Waals surface area contributed by atoms with Gasteiger partial charge in [-0.3, -0.25) is 4.79 Å². The highest BCUT2D eigenvalue weighted by Crippen LogP contribution is 2.31. The molecular formula is C9H17NO. The fraction of sp³-hybridized carbons (Fsp3) is 0.889. The van der Waals surface area contributed by atoms with Gasteiger partial charge in [-0.1, -0.05) is 20.8 Å². The second-order valence-corrected chi connectivity index (χ2v) is 3.99. The number of carbonyl (C=O) groups is 1. The van der Waals surface area contributed by atoms with Crippen molar-refractivity contribution in [2.24, 2.45) is 11.3 Å². The van der Waals surface area contributed by atoms with Crippen molar-refractivity contribution in [2.45, 2.75) is 27.2 Å². The van der Waals surface area contributed by atoms with Gasteiger partial charge in [-0.15, -0.1) is 0 Å². The lowest BCUT2D eigenvalue weighted by Crippen LogP contribution is -2.28. The molecule has 1 aliphatic heterocycles. The molecule has 0 aliphatic carbocycles. The molecule has 0 radical (unpaired) electrons. The van der Waals surface area contributed by atoms with Gasteiger partial charge >= 0.3 is 0 Å². The molecule has 1 rings (SSSR count). The van der Waals surface area contributed by atoms with Crippen LogP contribution in [0.4, 0.5) is 0 Å². The van der Waals surface area contributed by atoms with Crippen LogP contribution in [0, 0.1) is 11.3 Å². The molecule has 1 N–H and O–H groups in total. The van der Waals surface area contributed by atoms with Crippen molar-refractivity contribution in [1.29, 1.82) is 0 Å². The molecule has 1 atom stereocenters. The molecule has 0 amide bonds. The van der Waals surface area contributed by atoms with Crippen molar-refractivity contribution in [3.63, 3.8) is 0 Å². The Morgan fingerprint density at radius 2 is 2.27 bits per heavy atom. The van der Waals surface area contributed by atoms with Gasteiger partial charge < -0.3 is 5.32 Å². The summed E-state index contributed by atoms with van der Waals surface area (Å²) in [4.78, 5) is 11.4. The molecule has 1 saturated heterocycles. The van der Waals surface area contributed by atoms with Crippen molar-refractivity contribution in [1.82, 2.24) is 5.32 Å². The highest BCUT2D eigenvalue weighted by Gasteiger charge is 2.37. The average Bonchev–Trinajstić information content (AvgIpc) is 2.28. The Morgan fingerprint density at radius 1 is 1.64 bits per heavy atom. The highest BCUT2D eigenvalue weighted by atomic mass is 16.1. The predicted molar refractivity (Wildman–Crippen MR) is 45.4 cm³/mol. The Labute approximate surface area is 68.4 Å². The quantitative estimate of drug-likeness (QED) is 0.649. The fourth-order valence-corrected chi connectivity index (χ4v) is 1.73. The third kappa shape index (κ3) is 1.62. The van der Waals surface area contributed by atoms with Crippen molar-refractivity contribution in [3.8, 4) is 0 Å². The third-order valence-corrected chi connectivity index (χ3v) is 2.61. The fourth-order valence-electron chi connectivity index (χ4n) is 1.73. The lowest BCUT2D eigenvalue weighted by molar-refractivity contribution is -0.124. The van der Waals surface area contributed by atoms with E-state index < -0.39 is 0 Å². The van der Waals surface area contributed by atoms with Gasteiger partial charge in [0, 0.05) is 25.4 Å². The van der Waals surface area contributed by atoms with Crippen LogP contribution in [0.15, 0.2) is 0 Å². The largest absolute Gasteiger partial charge is 0.315 e. The zero-order valence-corrected chi connectivity index (χ0v) is 7.61. The molecule has 0 aromatic carbocycles. The van der Waals surface area contributed by atoms with Gasteiger partial charge in [0.25, 0.3) is 0 Å². The Hall–Kier alpha value is -0.370. The molecule has 2 heteroatoms. The summed E-state index contributed by atoms with van der Waals surface area (Å²) >= 11 is 0. The topological polar surface area (TPSA) is 29.1 Å². The van der Waals surface area contributed by atoms with E-state index in [2.05, 4.69) is 19.2 Å². The number of Topliss-reactive ketones (excluding diaryl/α,β-unsaturated/α-hetero) is 1. The molecule has 1 fully saturated rings. The van der Waals surface area contributed by atoms with Gasteiger partial charge in [0.05, 0.1) is 0 Å². The molecular weight excluding hydrogens is 138 g/mol. The van der Waals surface area contributed by atoms with Gasteiger partial charge in [0.2, 0.25) is 0 Å². The van der Waals surface area contributed by atoms with Crippen molar-refractivity contribution < 1.29 is 4.79 Å². The zero-order valence-electron chi connectivity index (χ0n) is 7.61. The first-order chi connectivity index (χ1) is 5.08. The van der Waals surface area contributed by atoms with Crippen LogP contribution in [-0.2, 0) is 4.79 Å². The number of ketones is 1. The number of nitrogens with one attached hydrogen (secondary N) is 1. The molecule has 0 aromatic heterocycles. The summed E-state index contributed by atoms with van der Waals surface area (Å²) in [6.07, 6.45) is 0.676. The number of carbonyl (C=O) groups excluding carboxylic acids is 1. The van der Waals surface area contributed by atoms with Crippen LogP contribution in [0.2, 0.25) is 0 Å². The summed E-state index contributed by atoms with van der Waals surface area (Å²) in [7, 11) is 0. The van der Waals surface area contributed by atoms with E-state index in [1.165, 1.54) is 0 Å². The summed E-state index contributed by atoms with van der Waals surface area (Å²) in [5.41, 5.74) is 0.174. The van der Waals surface area contributed by atoms with Crippen molar-refractivity contribution in [2.75, 3.05) is 13.1 Å². The summed E-state index contributed by atoms with van der Waals surface area (Å²) in [6, 6.07) is 0. The molecule has 0 bridgehead atoms. The first kappa shape index (κ1) is 8.72. The van der Waals surface area contributed by atoms with Gasteiger partial charge in [0.15, 0.2) is 0 Å². The van der Waals surface area contributed by atoms with Crippen LogP contribution in [0.25, 0.3) is 0 Å². The van der Waals surface area contributed by atoms with Gasteiger partial charge in [0.1, 0.15) is 5.78 Å². The molecule has 11 heavy (non-hydrogen) atoms. The summed E-state index contributed by atoms with van der Waals surface area (Å²) in [5.74, 6) is 0.646. The maximum atomic E-state index is 11.4. The predicted octanol–water partition coefficient (Wildman–Crippen LogP) is 1.21. The van der Waals surface area contributed by atoms with Crippen LogP contribution < -0.4 is 5.32 Å². The summed E-state index contributed by atoms with van der Waals surface area (Å²) < 4.78 is 0. The van der Waals surface area contributed by atoms with E-state index in [1.807, 2.05) is 6.92 Å². The monoisotopic (exact) mass is 155 g/mol. The second kappa shape index (κ2) is 2.94. The van der Waals surface area contributed by atoms with E-state index in [0.717, 1.165) is 13.1 Å². The molecule has 0 saturated carbocycles. The molecule has 64 valence electrons. The van der Waals surface area contributed by atoms with Crippen LogP contribution in [0.1, 0.15) is 27.2 Å². The van der Waals surface area contributed by atoms with Gasteiger partial charge in [-0.05, 0) is 5.41 Å². The van der Waals surface area contributed by atoms with Gasteiger partial charge in [-0.2, -0.15) is 0 Å². The third-order valence-electron chi connectivity index (χ3n) is 2.61. The summed E-state index contributed by atoms with van der Waals surface area (Å²) in [5, 5.41) is 3.26. The van der Waals surface area contributed by atoms with E-state index in [-0.39, 0.29) is 11.3 Å². The van der Waals surface area contributed by atoms with Crippen LogP contribution in [0.5, 0.6) is 0 Å². The molecule has 0 aromatic rings. The smallest absolute Gasteiger partial charge is 0.137 e. The SMILES string of the molecule is CCC(=O)C1CNCC1(C)C. The minimum atomic E-state index is 0.174. The van der Waals surface area contributed by atoms with E-state index in [0.29, 0.717) is 12.2 Å². The lowest BCUT2D eigenvalue weighted by Gasteiger charge is -2.23. The second-order valence-electron chi connectivity index (χ2n) is 3.99. The van der Waals surface area contributed by atoms with E-state index in [1.54, 1.807) is 0 Å². The van der Waals surface area contributed by atoms with Crippen molar-refractivity contribution >= 4 is 5.78 Å². The maximum Gasteiger partial charge on any atom is 0.137 e. The Morgan fingerprint density at radius 3 is 2.64 bits per heavy atom. The van der Waals surface area contributed by atoms with Gasteiger partial charge in [-0.25, -0.2) is 0 Å². The minimum Gasteiger partial charge on any atom is -0.315 e. The van der Waals surface area contributed by atoms with Crippen LogP contribution >= 0.6 is 0 Å². The van der Waals surface area contributed by atoms with Crippen molar-refractivity contribution in [3.05, 3.63) is 0 Å². The summed E-state index contributed by atoms with van der Waals surface area (Å²) in [6.45, 7) is 8.11. The molecule has 1 unspecified atom stereocenters. The normalized spacial score (nSPS) is 28.8. The lowest BCUT2D eigenvalue weighted by atomic mass is 9.79. The highest BCUT2D eigenvalue weighted by molar-refractivity contribution is 5.82. The number of hydrogen-bond acceptors (Lipinski definition) is 2. The number of rotatable bonds is 2. The first-order valence-electron chi connectivity index (χ1n) is 4.31. The molecule has 0 spiro atoms. The molecule has 1 heterocycles. The van der Waals surface area contributed by atoms with Crippen LogP contribution in [0.3, 0.4) is 0 Å². The molecule has 1 aliphatic rings. The van der Waals surface area contributed by atoms with E-state index in [4.69, 9.17) is 0 Å². The Balaban J connectivity index is 2.64. The Bertz CT molecular complexity index is 163. The minimum absolute atomic E-state index is 0.174. The average molecular weight is 155 g/mol. The Kier molecular flexibility index (Phi) is 2.33. The zero-order chi connectivity index (χ0) is 8.48. The van der Waals surface area contributed by atoms with E-state index >= 15 is 0 Å². The standard InChI is InChI=1S/C9H17NO/c1-4-8(11)7-5-10-6-9(7,2)3/h7,10H,4-6H2,1-3H3.